The zero-order valence-electron chi connectivity index (χ0n) is 16.3. The van der Waals surface area contributed by atoms with E-state index >= 15 is 0 Å². The summed E-state index contributed by atoms with van der Waals surface area (Å²) in [5.74, 6) is 0.652. The first-order chi connectivity index (χ1) is 14.0. The van der Waals surface area contributed by atoms with Crippen LogP contribution in [0, 0.1) is 5.92 Å². The number of para-hydroxylation sites is 3. The molecule has 6 nitrogen and oxygen atoms in total. The quantitative estimate of drug-likeness (QED) is 0.721. The second-order valence-corrected chi connectivity index (χ2v) is 8.37. The van der Waals surface area contributed by atoms with Crippen molar-refractivity contribution in [3.63, 3.8) is 0 Å². The van der Waals surface area contributed by atoms with E-state index in [4.69, 9.17) is 4.74 Å². The number of hydrogen-bond acceptors (Lipinski definition) is 3. The number of anilines is 2. The number of fused-ring (bicyclic) bond motifs is 1. The largest absolute Gasteiger partial charge is 0.487 e. The summed E-state index contributed by atoms with van der Waals surface area (Å²) in [6.07, 6.45) is 1.26. The van der Waals surface area contributed by atoms with Gasteiger partial charge in [0.2, 0.25) is 5.91 Å². The molecule has 1 unspecified atom stereocenters. The topological polar surface area (TPSA) is 61.9 Å². The van der Waals surface area contributed by atoms with Crippen molar-refractivity contribution in [3.8, 4) is 5.75 Å². The van der Waals surface area contributed by atoms with Crippen LogP contribution >= 0.6 is 15.9 Å². The number of piperidine rings is 1. The van der Waals surface area contributed by atoms with Crippen LogP contribution in [0.4, 0.5) is 16.2 Å². The third-order valence-corrected chi connectivity index (χ3v) is 6.11. The Labute approximate surface area is 178 Å². The van der Waals surface area contributed by atoms with E-state index in [0.29, 0.717) is 32.5 Å². The Morgan fingerprint density at radius 1 is 1.07 bits per heavy atom. The number of likely N-dealkylation sites (tertiary alicyclic amines) is 1. The fraction of sp³-hybridized carbons (Fsp3) is 0.364. The zero-order chi connectivity index (χ0) is 20.4. The Morgan fingerprint density at radius 2 is 1.76 bits per heavy atom. The van der Waals surface area contributed by atoms with Gasteiger partial charge in [0.25, 0.3) is 0 Å². The van der Waals surface area contributed by atoms with Crippen molar-refractivity contribution >= 4 is 39.2 Å². The number of benzene rings is 2. The van der Waals surface area contributed by atoms with Crippen LogP contribution in [0.15, 0.2) is 53.0 Å². The van der Waals surface area contributed by atoms with Gasteiger partial charge in [-0.2, -0.15) is 0 Å². The molecule has 0 saturated carbocycles. The molecule has 0 aromatic heterocycles. The minimum absolute atomic E-state index is 0.00865. The summed E-state index contributed by atoms with van der Waals surface area (Å²) in [6, 6.07) is 15.2. The lowest BCUT2D eigenvalue weighted by atomic mass is 9.96. The van der Waals surface area contributed by atoms with Gasteiger partial charge >= 0.3 is 6.03 Å². The van der Waals surface area contributed by atoms with Gasteiger partial charge in [0, 0.05) is 23.5 Å². The summed E-state index contributed by atoms with van der Waals surface area (Å²) in [7, 11) is 0. The van der Waals surface area contributed by atoms with Crippen molar-refractivity contribution in [2.24, 2.45) is 5.92 Å². The monoisotopic (exact) mass is 457 g/mol. The van der Waals surface area contributed by atoms with Crippen LogP contribution in [-0.2, 0) is 4.79 Å². The number of ether oxygens (including phenoxy) is 1. The molecule has 0 aliphatic carbocycles. The van der Waals surface area contributed by atoms with Gasteiger partial charge in [-0.05, 0) is 60.0 Å². The minimum Gasteiger partial charge on any atom is -0.487 e. The van der Waals surface area contributed by atoms with E-state index in [1.807, 2.05) is 60.4 Å². The summed E-state index contributed by atoms with van der Waals surface area (Å²) >= 11 is 3.46. The van der Waals surface area contributed by atoms with Crippen LogP contribution in [0.25, 0.3) is 0 Å². The summed E-state index contributed by atoms with van der Waals surface area (Å²) < 4.78 is 6.71. The molecule has 7 heteroatoms. The van der Waals surface area contributed by atoms with E-state index in [-0.39, 0.29) is 24.0 Å². The van der Waals surface area contributed by atoms with Crippen LogP contribution in [-0.4, -0.2) is 42.6 Å². The number of urea groups is 1. The highest BCUT2D eigenvalue weighted by Gasteiger charge is 2.33. The fourth-order valence-electron chi connectivity index (χ4n) is 3.87. The van der Waals surface area contributed by atoms with Gasteiger partial charge in [-0.1, -0.05) is 24.3 Å². The molecule has 29 heavy (non-hydrogen) atoms. The van der Waals surface area contributed by atoms with E-state index in [1.165, 1.54) is 0 Å². The van der Waals surface area contributed by atoms with Crippen LogP contribution in [0.3, 0.4) is 0 Å². The lowest BCUT2D eigenvalue weighted by Gasteiger charge is -2.39. The van der Waals surface area contributed by atoms with E-state index in [9.17, 15) is 9.59 Å². The van der Waals surface area contributed by atoms with Gasteiger partial charge in [-0.25, -0.2) is 4.79 Å². The molecule has 1 N–H and O–H groups in total. The Morgan fingerprint density at radius 3 is 2.52 bits per heavy atom. The molecule has 0 bridgehead atoms. The maximum atomic E-state index is 13.2. The van der Waals surface area contributed by atoms with E-state index in [0.717, 1.165) is 21.6 Å². The lowest BCUT2D eigenvalue weighted by molar-refractivity contribution is -0.121. The number of nitrogens with one attached hydrogen (secondary N) is 1. The Bertz CT molecular complexity index is 912. The van der Waals surface area contributed by atoms with E-state index in [1.54, 1.807) is 4.90 Å². The number of hydrogen-bond donors (Lipinski definition) is 1. The van der Waals surface area contributed by atoms with Gasteiger partial charge in [0.1, 0.15) is 11.9 Å². The second kappa shape index (κ2) is 8.45. The molecule has 1 fully saturated rings. The van der Waals surface area contributed by atoms with E-state index in [2.05, 4.69) is 21.2 Å². The van der Waals surface area contributed by atoms with Gasteiger partial charge in [-0.3, -0.25) is 9.69 Å². The Balaban J connectivity index is 1.38. The molecule has 0 spiro atoms. The van der Waals surface area contributed by atoms with Crippen LogP contribution in [0.5, 0.6) is 5.75 Å². The summed E-state index contributed by atoms with van der Waals surface area (Å²) in [6.45, 7) is 3.63. The van der Waals surface area contributed by atoms with Crippen molar-refractivity contribution in [2.45, 2.75) is 25.9 Å². The van der Waals surface area contributed by atoms with Crippen LogP contribution in [0.1, 0.15) is 19.8 Å². The molecule has 4 rings (SSSR count). The average Bonchev–Trinajstić information content (AvgIpc) is 2.74. The predicted molar refractivity (Wildman–Crippen MR) is 116 cm³/mol. The molecule has 2 aliphatic rings. The number of carbonyl (C=O) groups excluding carboxylic acids is 2. The van der Waals surface area contributed by atoms with Gasteiger partial charge in [0.05, 0.1) is 17.9 Å². The molecule has 2 aromatic rings. The van der Waals surface area contributed by atoms with E-state index < -0.39 is 0 Å². The van der Waals surface area contributed by atoms with Gasteiger partial charge < -0.3 is 15.0 Å². The number of nitrogens with zero attached hydrogens (tertiary/aromatic N) is 2. The van der Waals surface area contributed by atoms with Crippen molar-refractivity contribution in [1.29, 1.82) is 0 Å². The molecule has 2 heterocycles. The lowest BCUT2D eigenvalue weighted by Crippen LogP contribution is -2.51. The molecule has 1 atom stereocenters. The number of rotatable bonds is 2. The van der Waals surface area contributed by atoms with Crippen molar-refractivity contribution in [1.82, 2.24) is 4.90 Å². The zero-order valence-corrected chi connectivity index (χ0v) is 17.9. The molecular weight excluding hydrogens is 434 g/mol. The number of halogens is 1. The number of carbonyl (C=O) groups is 2. The van der Waals surface area contributed by atoms with Gasteiger partial charge in [0.15, 0.2) is 0 Å². The molecule has 2 aromatic carbocycles. The summed E-state index contributed by atoms with van der Waals surface area (Å²) in [4.78, 5) is 29.4. The first kappa shape index (κ1) is 19.8. The second-order valence-electron chi connectivity index (χ2n) is 7.52. The minimum atomic E-state index is -0.0953. The predicted octanol–water partition coefficient (Wildman–Crippen LogP) is 4.51. The molecule has 152 valence electrons. The first-order valence-corrected chi connectivity index (χ1v) is 10.7. The first-order valence-electron chi connectivity index (χ1n) is 9.90. The average molecular weight is 458 g/mol. The van der Waals surface area contributed by atoms with Crippen molar-refractivity contribution in [3.05, 3.63) is 53.0 Å². The highest BCUT2D eigenvalue weighted by atomic mass is 79.9. The van der Waals surface area contributed by atoms with Crippen LogP contribution < -0.4 is 15.0 Å². The summed E-state index contributed by atoms with van der Waals surface area (Å²) in [5.41, 5.74) is 1.58. The highest BCUT2D eigenvalue weighted by Crippen LogP contribution is 2.34. The smallest absolute Gasteiger partial charge is 0.324 e. The Kier molecular flexibility index (Phi) is 5.76. The molecule has 2 aliphatic heterocycles. The third-order valence-electron chi connectivity index (χ3n) is 5.42. The Hall–Kier alpha value is -2.54. The van der Waals surface area contributed by atoms with Crippen molar-refractivity contribution in [2.75, 3.05) is 29.9 Å². The van der Waals surface area contributed by atoms with Gasteiger partial charge in [-0.15, -0.1) is 0 Å². The molecule has 0 radical (unpaired) electrons. The maximum Gasteiger partial charge on any atom is 0.324 e. The molecule has 3 amide bonds. The molecular formula is C22H24BrN3O3. The maximum absolute atomic E-state index is 13.2. The summed E-state index contributed by atoms with van der Waals surface area (Å²) in [5, 5.41) is 2.99. The van der Waals surface area contributed by atoms with Crippen molar-refractivity contribution < 1.29 is 14.3 Å². The standard InChI is InChI=1S/C22H24BrN3O3/c1-15-14-26(19-8-4-5-9-20(19)29-15)22(28)25-12-10-16(11-13-25)21(27)24-18-7-3-2-6-17(18)23/h2-9,15-16H,10-14H2,1H3,(H,24,27). The fourth-order valence-corrected chi connectivity index (χ4v) is 4.26. The molecule has 1 saturated heterocycles. The van der Waals surface area contributed by atoms with Crippen LogP contribution in [0.2, 0.25) is 0 Å². The normalized spacial score (nSPS) is 19.3. The highest BCUT2D eigenvalue weighted by molar-refractivity contribution is 9.10. The SMILES string of the molecule is CC1CN(C(=O)N2CCC(C(=O)Nc3ccccc3Br)CC2)c2ccccc2O1. The third kappa shape index (κ3) is 4.24. The number of amides is 3.